The van der Waals surface area contributed by atoms with E-state index in [0.717, 1.165) is 42.4 Å². The number of carbonyl (C=O) groups excluding carboxylic acids is 1. The standard InChI is InChI=1S/C29H46O/c1-19(2)20(3)7-8-21(4)25-11-12-26-24-10-9-23-17-22(18-30)13-15-28(23,5)27(24)14-16-29(25,26)6/h7-8,10,18-23,25-27H,9,11-17H2,1-6H3/t20?,21-,22?,23?,25-,26+,27+,28+,29-/m1/s1. The van der Waals surface area contributed by atoms with Crippen molar-refractivity contribution < 1.29 is 4.79 Å². The number of hydrogen-bond acceptors (Lipinski definition) is 1. The van der Waals surface area contributed by atoms with Gasteiger partial charge in [-0.05, 0) is 104 Å². The van der Waals surface area contributed by atoms with Gasteiger partial charge in [-0.3, -0.25) is 0 Å². The summed E-state index contributed by atoms with van der Waals surface area (Å²) in [5.41, 5.74) is 2.78. The first kappa shape index (κ1) is 22.3. The third-order valence-electron chi connectivity index (χ3n) is 10.8. The molecule has 4 rings (SSSR count). The fourth-order valence-electron chi connectivity index (χ4n) is 8.28. The zero-order valence-corrected chi connectivity index (χ0v) is 20.5. The zero-order valence-electron chi connectivity index (χ0n) is 20.5. The Labute approximate surface area is 186 Å². The van der Waals surface area contributed by atoms with Crippen LogP contribution < -0.4 is 0 Å². The SMILES string of the molecule is CC(C)C(C)C=C[C@@H](C)[C@H]1CC[C@H]2C3=CCC4CC(C=O)CC[C@]4(C)[C@H]3CC[C@]12C. The highest BCUT2D eigenvalue weighted by atomic mass is 16.1. The van der Waals surface area contributed by atoms with Crippen LogP contribution in [0.2, 0.25) is 0 Å². The summed E-state index contributed by atoms with van der Waals surface area (Å²) >= 11 is 0. The third-order valence-corrected chi connectivity index (χ3v) is 10.8. The number of aldehydes is 1. The van der Waals surface area contributed by atoms with Crippen LogP contribution in [0.15, 0.2) is 23.8 Å². The second-order valence-corrected chi connectivity index (χ2v) is 12.5. The molecule has 0 saturated heterocycles. The van der Waals surface area contributed by atoms with Crippen molar-refractivity contribution in [2.24, 2.45) is 58.2 Å². The molecule has 3 fully saturated rings. The molecule has 0 aromatic heterocycles. The summed E-state index contributed by atoms with van der Waals surface area (Å²) in [6.45, 7) is 14.7. The molecule has 0 aromatic carbocycles. The van der Waals surface area contributed by atoms with Gasteiger partial charge in [0, 0.05) is 5.92 Å². The molecule has 0 N–H and O–H groups in total. The van der Waals surface area contributed by atoms with Gasteiger partial charge in [0.1, 0.15) is 6.29 Å². The van der Waals surface area contributed by atoms with Crippen molar-refractivity contribution in [1.82, 2.24) is 0 Å². The van der Waals surface area contributed by atoms with E-state index in [9.17, 15) is 4.79 Å². The minimum Gasteiger partial charge on any atom is -0.303 e. The Bertz CT molecular complexity index is 701. The largest absolute Gasteiger partial charge is 0.303 e. The summed E-state index contributed by atoms with van der Waals surface area (Å²) in [5.74, 6) is 5.57. The van der Waals surface area contributed by atoms with Gasteiger partial charge in [0.15, 0.2) is 0 Å². The van der Waals surface area contributed by atoms with E-state index in [-0.39, 0.29) is 0 Å². The summed E-state index contributed by atoms with van der Waals surface area (Å²) in [4.78, 5) is 11.4. The normalized spacial score (nSPS) is 45.4. The number of fused-ring (bicyclic) bond motifs is 5. The van der Waals surface area contributed by atoms with Gasteiger partial charge in [0.05, 0.1) is 0 Å². The van der Waals surface area contributed by atoms with Gasteiger partial charge < -0.3 is 4.79 Å². The van der Waals surface area contributed by atoms with Gasteiger partial charge in [-0.2, -0.15) is 0 Å². The van der Waals surface area contributed by atoms with E-state index in [0.29, 0.717) is 28.6 Å². The van der Waals surface area contributed by atoms with E-state index in [1.54, 1.807) is 0 Å². The van der Waals surface area contributed by atoms with Crippen LogP contribution in [0.25, 0.3) is 0 Å². The van der Waals surface area contributed by atoms with Crippen LogP contribution in [0.1, 0.15) is 92.9 Å². The molecule has 4 aliphatic carbocycles. The van der Waals surface area contributed by atoms with Crippen molar-refractivity contribution in [3.8, 4) is 0 Å². The van der Waals surface area contributed by atoms with Crippen LogP contribution in [0, 0.1) is 58.2 Å². The van der Waals surface area contributed by atoms with E-state index in [1.165, 1.54) is 44.8 Å². The predicted molar refractivity (Wildman–Crippen MR) is 127 cm³/mol. The van der Waals surface area contributed by atoms with Crippen LogP contribution >= 0.6 is 0 Å². The van der Waals surface area contributed by atoms with Gasteiger partial charge in [0.25, 0.3) is 0 Å². The second kappa shape index (κ2) is 8.25. The number of hydrogen-bond donors (Lipinski definition) is 0. The van der Waals surface area contributed by atoms with Crippen molar-refractivity contribution in [1.29, 1.82) is 0 Å². The molecular formula is C29H46O. The Kier molecular flexibility index (Phi) is 6.15. The molecule has 0 spiro atoms. The molecule has 30 heavy (non-hydrogen) atoms. The number of carbonyl (C=O) groups is 1. The lowest BCUT2D eigenvalue weighted by atomic mass is 9.47. The molecule has 0 radical (unpaired) electrons. The Hall–Kier alpha value is -0.850. The van der Waals surface area contributed by atoms with Crippen LogP contribution in [-0.2, 0) is 4.79 Å². The summed E-state index contributed by atoms with van der Waals surface area (Å²) in [6.07, 6.45) is 19.3. The van der Waals surface area contributed by atoms with E-state index >= 15 is 0 Å². The molecule has 4 aliphatic rings. The van der Waals surface area contributed by atoms with Crippen LogP contribution in [-0.4, -0.2) is 6.29 Å². The molecule has 0 aromatic rings. The molecule has 3 unspecified atom stereocenters. The summed E-state index contributed by atoms with van der Waals surface area (Å²) in [6, 6.07) is 0. The van der Waals surface area contributed by atoms with Crippen molar-refractivity contribution in [3.05, 3.63) is 23.8 Å². The van der Waals surface area contributed by atoms with Crippen molar-refractivity contribution in [3.63, 3.8) is 0 Å². The van der Waals surface area contributed by atoms with Gasteiger partial charge >= 0.3 is 0 Å². The van der Waals surface area contributed by atoms with Crippen molar-refractivity contribution in [2.45, 2.75) is 92.9 Å². The summed E-state index contributed by atoms with van der Waals surface area (Å²) in [7, 11) is 0. The van der Waals surface area contributed by atoms with E-state index in [2.05, 4.69) is 59.8 Å². The number of rotatable bonds is 5. The van der Waals surface area contributed by atoms with Crippen LogP contribution in [0.3, 0.4) is 0 Å². The lowest BCUT2D eigenvalue weighted by Gasteiger charge is -2.57. The Morgan fingerprint density at radius 2 is 1.63 bits per heavy atom. The van der Waals surface area contributed by atoms with E-state index in [1.807, 2.05) is 5.57 Å². The van der Waals surface area contributed by atoms with Crippen molar-refractivity contribution in [2.75, 3.05) is 0 Å². The predicted octanol–water partition coefficient (Wildman–Crippen LogP) is 7.86. The van der Waals surface area contributed by atoms with Gasteiger partial charge in [-0.25, -0.2) is 0 Å². The third kappa shape index (κ3) is 3.57. The van der Waals surface area contributed by atoms with E-state index in [4.69, 9.17) is 0 Å². The molecule has 168 valence electrons. The first-order chi connectivity index (χ1) is 14.2. The zero-order chi connectivity index (χ0) is 21.7. The van der Waals surface area contributed by atoms with Crippen LogP contribution in [0.5, 0.6) is 0 Å². The topological polar surface area (TPSA) is 17.1 Å². The smallest absolute Gasteiger partial charge is 0.123 e. The van der Waals surface area contributed by atoms with Gasteiger partial charge in [-0.15, -0.1) is 0 Å². The highest BCUT2D eigenvalue weighted by molar-refractivity contribution is 5.54. The molecule has 0 heterocycles. The summed E-state index contributed by atoms with van der Waals surface area (Å²) in [5, 5.41) is 0. The summed E-state index contributed by atoms with van der Waals surface area (Å²) < 4.78 is 0. The Balaban J connectivity index is 1.53. The number of allylic oxidation sites excluding steroid dienone is 4. The van der Waals surface area contributed by atoms with Gasteiger partial charge in [-0.1, -0.05) is 65.3 Å². The van der Waals surface area contributed by atoms with Gasteiger partial charge in [0.2, 0.25) is 0 Å². The maximum atomic E-state index is 11.4. The molecule has 3 saturated carbocycles. The molecule has 9 atom stereocenters. The first-order valence-electron chi connectivity index (χ1n) is 13.0. The Morgan fingerprint density at radius 1 is 0.933 bits per heavy atom. The average Bonchev–Trinajstić information content (AvgIpc) is 3.08. The molecule has 0 aliphatic heterocycles. The van der Waals surface area contributed by atoms with Crippen molar-refractivity contribution >= 4 is 6.29 Å². The molecule has 0 bridgehead atoms. The minimum atomic E-state index is 0.323. The highest BCUT2D eigenvalue weighted by Gasteiger charge is 2.58. The molecule has 0 amide bonds. The highest BCUT2D eigenvalue weighted by Crippen LogP contribution is 2.67. The monoisotopic (exact) mass is 410 g/mol. The fraction of sp³-hybridized carbons (Fsp3) is 0.828. The maximum Gasteiger partial charge on any atom is 0.123 e. The van der Waals surface area contributed by atoms with E-state index < -0.39 is 0 Å². The maximum absolute atomic E-state index is 11.4. The average molecular weight is 411 g/mol. The molecular weight excluding hydrogens is 364 g/mol. The lowest BCUT2D eigenvalue weighted by Crippen LogP contribution is -2.49. The first-order valence-corrected chi connectivity index (χ1v) is 13.0. The van der Waals surface area contributed by atoms with Crippen LogP contribution in [0.4, 0.5) is 0 Å². The fourth-order valence-corrected chi connectivity index (χ4v) is 8.28. The second-order valence-electron chi connectivity index (χ2n) is 12.5. The molecule has 1 heteroatoms. The minimum absolute atomic E-state index is 0.323. The quantitative estimate of drug-likeness (QED) is 0.333. The Morgan fingerprint density at radius 3 is 2.33 bits per heavy atom. The lowest BCUT2D eigenvalue weighted by molar-refractivity contribution is -0.114. The molecule has 1 nitrogen and oxygen atoms in total.